The van der Waals surface area contributed by atoms with Crippen molar-refractivity contribution in [2.75, 3.05) is 11.9 Å². The summed E-state index contributed by atoms with van der Waals surface area (Å²) in [5.74, 6) is 0.255. The van der Waals surface area contributed by atoms with Crippen LogP contribution in [0.25, 0.3) is 22.3 Å². The van der Waals surface area contributed by atoms with Gasteiger partial charge in [0.15, 0.2) is 12.3 Å². The van der Waals surface area contributed by atoms with Crippen LogP contribution in [0.2, 0.25) is 0 Å². The number of anilines is 1. The molecule has 4 aromatic rings. The molecule has 32 heavy (non-hydrogen) atoms. The molecule has 0 atom stereocenters. The van der Waals surface area contributed by atoms with Crippen molar-refractivity contribution in [2.45, 2.75) is 33.7 Å². The first-order valence-corrected chi connectivity index (χ1v) is 11.1. The molecule has 0 aliphatic carbocycles. The fraction of sp³-hybridized carbons (Fsp3) is 0.250. The van der Waals surface area contributed by atoms with E-state index in [9.17, 15) is 4.79 Å². The Morgan fingerprint density at radius 3 is 2.78 bits per heavy atom. The largest absolute Gasteiger partial charge is 0.479 e. The van der Waals surface area contributed by atoms with E-state index in [2.05, 4.69) is 30.3 Å². The van der Waals surface area contributed by atoms with E-state index in [0.717, 1.165) is 16.1 Å². The number of carbonyl (C=O) groups excluding carboxylic acids is 1. The fourth-order valence-corrected chi connectivity index (χ4v) is 4.52. The highest BCUT2D eigenvalue weighted by atomic mass is 32.1. The van der Waals surface area contributed by atoms with Crippen molar-refractivity contribution in [2.24, 2.45) is 0 Å². The highest BCUT2D eigenvalue weighted by Crippen LogP contribution is 2.33. The average molecular weight is 446 g/mol. The van der Waals surface area contributed by atoms with Crippen molar-refractivity contribution in [1.29, 1.82) is 5.26 Å². The van der Waals surface area contributed by atoms with Crippen molar-refractivity contribution >= 4 is 34.0 Å². The van der Waals surface area contributed by atoms with Crippen LogP contribution in [-0.2, 0) is 0 Å². The van der Waals surface area contributed by atoms with Crippen LogP contribution in [-0.4, -0.2) is 27.3 Å². The predicted molar refractivity (Wildman–Crippen MR) is 126 cm³/mol. The summed E-state index contributed by atoms with van der Waals surface area (Å²) in [6, 6.07) is 12.9. The van der Waals surface area contributed by atoms with Crippen molar-refractivity contribution in [3.63, 3.8) is 0 Å². The van der Waals surface area contributed by atoms with Gasteiger partial charge in [-0.05, 0) is 52.0 Å². The summed E-state index contributed by atoms with van der Waals surface area (Å²) in [5, 5.41) is 16.8. The number of pyridine rings is 1. The highest BCUT2D eigenvalue weighted by Gasteiger charge is 2.20. The minimum absolute atomic E-state index is 0.0560. The van der Waals surface area contributed by atoms with E-state index in [4.69, 9.17) is 15.0 Å². The third-order valence-corrected chi connectivity index (χ3v) is 5.98. The van der Waals surface area contributed by atoms with Crippen LogP contribution in [0.3, 0.4) is 0 Å². The van der Waals surface area contributed by atoms with E-state index in [1.165, 1.54) is 4.88 Å². The summed E-state index contributed by atoms with van der Waals surface area (Å²) < 4.78 is 7.17. The maximum absolute atomic E-state index is 13.3. The van der Waals surface area contributed by atoms with Crippen molar-refractivity contribution in [1.82, 2.24) is 14.8 Å². The number of amides is 1. The van der Waals surface area contributed by atoms with Gasteiger partial charge in [0, 0.05) is 33.1 Å². The SMILES string of the molecule is Cc1cc(-c2cc(C(=O)Nc3cccc(OCC#N)c3)c3cnn(C(C)C)c3n2)c(C)s1. The van der Waals surface area contributed by atoms with Gasteiger partial charge in [-0.2, -0.15) is 10.4 Å². The summed E-state index contributed by atoms with van der Waals surface area (Å²) in [7, 11) is 0. The molecule has 0 radical (unpaired) electrons. The number of hydrogen-bond donors (Lipinski definition) is 1. The Morgan fingerprint density at radius 2 is 2.09 bits per heavy atom. The molecule has 0 aliphatic rings. The zero-order valence-corrected chi connectivity index (χ0v) is 19.2. The second kappa shape index (κ2) is 8.81. The molecular formula is C24H23N5O2S. The molecule has 1 amide bonds. The quantitative estimate of drug-likeness (QED) is 0.422. The number of hydrogen-bond acceptors (Lipinski definition) is 6. The Kier molecular flexibility index (Phi) is 5.93. The molecule has 8 heteroatoms. The number of thiophene rings is 1. The molecule has 3 aromatic heterocycles. The fourth-order valence-electron chi connectivity index (χ4n) is 3.58. The Balaban J connectivity index is 1.78. The van der Waals surface area contributed by atoms with Gasteiger partial charge in [-0.3, -0.25) is 4.79 Å². The van der Waals surface area contributed by atoms with Crippen LogP contribution in [0.1, 0.15) is 40.0 Å². The topological polar surface area (TPSA) is 92.8 Å². The molecule has 0 aliphatic heterocycles. The Labute approximate surface area is 190 Å². The minimum Gasteiger partial charge on any atom is -0.479 e. The van der Waals surface area contributed by atoms with E-state index in [1.54, 1.807) is 41.8 Å². The second-order valence-corrected chi connectivity index (χ2v) is 9.19. The molecule has 0 saturated heterocycles. The number of carbonyl (C=O) groups is 1. The van der Waals surface area contributed by atoms with E-state index in [1.807, 2.05) is 30.7 Å². The third kappa shape index (κ3) is 4.20. The van der Waals surface area contributed by atoms with Crippen molar-refractivity contribution in [3.8, 4) is 23.1 Å². The summed E-state index contributed by atoms with van der Waals surface area (Å²) in [5.41, 5.74) is 3.53. The zero-order valence-electron chi connectivity index (χ0n) is 18.3. The lowest BCUT2D eigenvalue weighted by Gasteiger charge is -2.11. The molecule has 0 bridgehead atoms. The van der Waals surface area contributed by atoms with Gasteiger partial charge in [-0.25, -0.2) is 9.67 Å². The maximum atomic E-state index is 13.3. The first-order valence-electron chi connectivity index (χ1n) is 10.2. The standard InChI is InChI=1S/C24H23N5O2S/c1-14(2)29-23-21(13-26-29)20(12-22(28-23)19-10-15(3)32-16(19)4)24(30)27-17-6-5-7-18(11-17)31-9-8-25/h5-7,10-14H,9H2,1-4H3,(H,27,30). The Hall–Kier alpha value is -3.70. The molecular weight excluding hydrogens is 422 g/mol. The van der Waals surface area contributed by atoms with Gasteiger partial charge in [0.25, 0.3) is 5.91 Å². The second-order valence-electron chi connectivity index (χ2n) is 7.73. The van der Waals surface area contributed by atoms with Crippen LogP contribution in [0, 0.1) is 25.2 Å². The molecule has 7 nitrogen and oxygen atoms in total. The molecule has 162 valence electrons. The summed E-state index contributed by atoms with van der Waals surface area (Å²) in [6.07, 6.45) is 1.69. The first-order chi connectivity index (χ1) is 15.4. The van der Waals surface area contributed by atoms with E-state index < -0.39 is 0 Å². The third-order valence-electron chi connectivity index (χ3n) is 5.01. The predicted octanol–water partition coefficient (Wildman–Crippen LogP) is 5.51. The summed E-state index contributed by atoms with van der Waals surface area (Å²) in [4.78, 5) is 20.6. The maximum Gasteiger partial charge on any atom is 0.256 e. The lowest BCUT2D eigenvalue weighted by atomic mass is 10.1. The van der Waals surface area contributed by atoms with Gasteiger partial charge >= 0.3 is 0 Å². The molecule has 3 heterocycles. The van der Waals surface area contributed by atoms with Crippen LogP contribution in [0.4, 0.5) is 5.69 Å². The average Bonchev–Trinajstić information content (AvgIpc) is 3.34. The molecule has 0 unspecified atom stereocenters. The van der Waals surface area contributed by atoms with Crippen LogP contribution in [0.15, 0.2) is 42.6 Å². The van der Waals surface area contributed by atoms with Crippen molar-refractivity contribution in [3.05, 3.63) is 57.9 Å². The smallest absolute Gasteiger partial charge is 0.256 e. The van der Waals surface area contributed by atoms with Crippen LogP contribution in [0.5, 0.6) is 5.75 Å². The number of aromatic nitrogens is 3. The monoisotopic (exact) mass is 445 g/mol. The number of ether oxygens (including phenoxy) is 1. The molecule has 0 spiro atoms. The lowest BCUT2D eigenvalue weighted by molar-refractivity contribution is 0.102. The van der Waals surface area contributed by atoms with Gasteiger partial charge < -0.3 is 10.1 Å². The Bertz CT molecular complexity index is 1350. The summed E-state index contributed by atoms with van der Waals surface area (Å²) in [6.45, 7) is 8.14. The normalized spacial score (nSPS) is 11.0. The van der Waals surface area contributed by atoms with Crippen LogP contribution < -0.4 is 10.1 Å². The van der Waals surface area contributed by atoms with Gasteiger partial charge in [-0.1, -0.05) is 6.07 Å². The lowest BCUT2D eigenvalue weighted by Crippen LogP contribution is -2.13. The van der Waals surface area contributed by atoms with Crippen molar-refractivity contribution < 1.29 is 9.53 Å². The number of aryl methyl sites for hydroxylation is 2. The molecule has 0 saturated carbocycles. The number of nitriles is 1. The van der Waals surface area contributed by atoms with E-state index >= 15 is 0 Å². The van der Waals surface area contributed by atoms with E-state index in [0.29, 0.717) is 28.0 Å². The molecule has 1 aromatic carbocycles. The van der Waals surface area contributed by atoms with Crippen LogP contribution >= 0.6 is 11.3 Å². The molecule has 1 N–H and O–H groups in total. The first kappa shape index (κ1) is 21.5. The number of fused-ring (bicyclic) bond motifs is 1. The van der Waals surface area contributed by atoms with Gasteiger partial charge in [0.1, 0.15) is 11.8 Å². The molecule has 4 rings (SSSR count). The zero-order chi connectivity index (χ0) is 22.8. The van der Waals surface area contributed by atoms with Gasteiger partial charge in [-0.15, -0.1) is 11.3 Å². The number of benzene rings is 1. The van der Waals surface area contributed by atoms with Gasteiger partial charge in [0.2, 0.25) is 0 Å². The van der Waals surface area contributed by atoms with E-state index in [-0.39, 0.29) is 18.6 Å². The number of nitrogens with one attached hydrogen (secondary N) is 1. The summed E-state index contributed by atoms with van der Waals surface area (Å²) >= 11 is 1.71. The Morgan fingerprint density at radius 1 is 1.28 bits per heavy atom. The minimum atomic E-state index is -0.260. The number of nitrogens with zero attached hydrogens (tertiary/aromatic N) is 4. The molecule has 0 fully saturated rings. The number of rotatable bonds is 6. The highest BCUT2D eigenvalue weighted by molar-refractivity contribution is 7.12. The van der Waals surface area contributed by atoms with Gasteiger partial charge in [0.05, 0.1) is 22.8 Å².